The fourth-order valence-electron chi connectivity index (χ4n) is 2.31. The standard InChI is InChI=1S/C20H20N4O3/c1-12(2)18(25)22-16-8-10-17(11-9-16)23-19(26)14-4-6-15(7-5-14)20-21-13(3)24-27-20/h4-12H,1-3H3,(H,22,25)(H,23,26). The number of carbonyl (C=O) groups excluding carboxylic acids is 2. The second-order valence-corrected chi connectivity index (χ2v) is 6.40. The first-order valence-electron chi connectivity index (χ1n) is 8.55. The molecule has 0 spiro atoms. The third kappa shape index (κ3) is 4.58. The van der Waals surface area contributed by atoms with E-state index in [1.807, 2.05) is 13.8 Å². The van der Waals surface area contributed by atoms with Crippen molar-refractivity contribution in [3.63, 3.8) is 0 Å². The van der Waals surface area contributed by atoms with Crippen LogP contribution in [0.4, 0.5) is 11.4 Å². The summed E-state index contributed by atoms with van der Waals surface area (Å²) >= 11 is 0. The molecule has 7 nitrogen and oxygen atoms in total. The molecule has 0 unspecified atom stereocenters. The third-order valence-electron chi connectivity index (χ3n) is 3.86. The SMILES string of the molecule is Cc1noc(-c2ccc(C(=O)Nc3ccc(NC(=O)C(C)C)cc3)cc2)n1. The summed E-state index contributed by atoms with van der Waals surface area (Å²) < 4.78 is 5.11. The van der Waals surface area contributed by atoms with E-state index >= 15 is 0 Å². The molecule has 3 rings (SSSR count). The zero-order valence-electron chi connectivity index (χ0n) is 15.3. The first-order valence-corrected chi connectivity index (χ1v) is 8.55. The molecule has 0 radical (unpaired) electrons. The van der Waals surface area contributed by atoms with Crippen LogP contribution in [0, 0.1) is 12.8 Å². The van der Waals surface area contributed by atoms with Crippen molar-refractivity contribution >= 4 is 23.2 Å². The number of amides is 2. The number of hydrogen-bond donors (Lipinski definition) is 2. The normalized spacial score (nSPS) is 10.7. The van der Waals surface area contributed by atoms with Gasteiger partial charge in [-0.3, -0.25) is 9.59 Å². The molecular formula is C20H20N4O3. The van der Waals surface area contributed by atoms with Crippen LogP contribution in [0.25, 0.3) is 11.5 Å². The van der Waals surface area contributed by atoms with E-state index in [0.29, 0.717) is 28.7 Å². The number of hydrogen-bond acceptors (Lipinski definition) is 5. The monoisotopic (exact) mass is 364 g/mol. The molecule has 0 aliphatic carbocycles. The average molecular weight is 364 g/mol. The molecule has 1 heterocycles. The number of aryl methyl sites for hydroxylation is 1. The maximum absolute atomic E-state index is 12.4. The topological polar surface area (TPSA) is 97.1 Å². The lowest BCUT2D eigenvalue weighted by Gasteiger charge is -2.09. The van der Waals surface area contributed by atoms with E-state index in [9.17, 15) is 9.59 Å². The van der Waals surface area contributed by atoms with Crippen molar-refractivity contribution in [2.45, 2.75) is 20.8 Å². The van der Waals surface area contributed by atoms with E-state index in [0.717, 1.165) is 5.56 Å². The molecule has 1 aromatic heterocycles. The Labute approximate surface area is 156 Å². The van der Waals surface area contributed by atoms with Crippen molar-refractivity contribution in [2.75, 3.05) is 10.6 Å². The van der Waals surface area contributed by atoms with Crippen molar-refractivity contribution in [3.8, 4) is 11.5 Å². The highest BCUT2D eigenvalue weighted by Crippen LogP contribution is 2.19. The Morgan fingerprint density at radius 1 is 0.926 bits per heavy atom. The molecule has 0 aliphatic heterocycles. The quantitative estimate of drug-likeness (QED) is 0.716. The highest BCUT2D eigenvalue weighted by atomic mass is 16.5. The molecule has 3 aromatic rings. The van der Waals surface area contributed by atoms with Gasteiger partial charge in [0.25, 0.3) is 11.8 Å². The van der Waals surface area contributed by atoms with E-state index in [4.69, 9.17) is 4.52 Å². The van der Waals surface area contributed by atoms with E-state index in [2.05, 4.69) is 20.8 Å². The van der Waals surface area contributed by atoms with Gasteiger partial charge in [-0.15, -0.1) is 0 Å². The van der Waals surface area contributed by atoms with Gasteiger partial charge in [0, 0.05) is 28.4 Å². The Hall–Kier alpha value is -3.48. The van der Waals surface area contributed by atoms with Crippen molar-refractivity contribution in [3.05, 3.63) is 59.9 Å². The van der Waals surface area contributed by atoms with Gasteiger partial charge in [0.05, 0.1) is 0 Å². The van der Waals surface area contributed by atoms with E-state index in [-0.39, 0.29) is 17.7 Å². The summed E-state index contributed by atoms with van der Waals surface area (Å²) in [5, 5.41) is 9.38. The first kappa shape index (κ1) is 18.3. The average Bonchev–Trinajstić information content (AvgIpc) is 3.09. The van der Waals surface area contributed by atoms with Crippen LogP contribution in [0.1, 0.15) is 30.0 Å². The molecule has 7 heteroatoms. The summed E-state index contributed by atoms with van der Waals surface area (Å²) in [6.07, 6.45) is 0. The van der Waals surface area contributed by atoms with Crippen molar-refractivity contribution < 1.29 is 14.1 Å². The van der Waals surface area contributed by atoms with Crippen molar-refractivity contribution in [1.29, 1.82) is 0 Å². The molecule has 0 fully saturated rings. The lowest BCUT2D eigenvalue weighted by Crippen LogP contribution is -2.17. The minimum atomic E-state index is -0.234. The van der Waals surface area contributed by atoms with Gasteiger partial charge in [0.1, 0.15) is 0 Å². The van der Waals surface area contributed by atoms with Gasteiger partial charge in [0.15, 0.2) is 5.82 Å². The van der Waals surface area contributed by atoms with Crippen LogP contribution in [-0.4, -0.2) is 22.0 Å². The number of nitrogens with zero attached hydrogens (tertiary/aromatic N) is 2. The van der Waals surface area contributed by atoms with Gasteiger partial charge in [-0.25, -0.2) is 0 Å². The smallest absolute Gasteiger partial charge is 0.257 e. The molecule has 0 saturated carbocycles. The number of benzene rings is 2. The lowest BCUT2D eigenvalue weighted by atomic mass is 10.1. The van der Waals surface area contributed by atoms with Gasteiger partial charge < -0.3 is 15.2 Å². The number of carbonyl (C=O) groups is 2. The largest absolute Gasteiger partial charge is 0.334 e. The van der Waals surface area contributed by atoms with E-state index in [1.165, 1.54) is 0 Å². The van der Waals surface area contributed by atoms with Crippen LogP contribution in [0.2, 0.25) is 0 Å². The molecule has 2 amide bonds. The minimum Gasteiger partial charge on any atom is -0.334 e. The zero-order chi connectivity index (χ0) is 19.4. The van der Waals surface area contributed by atoms with Gasteiger partial charge in [0.2, 0.25) is 5.91 Å². The Kier molecular flexibility index (Phi) is 5.30. The van der Waals surface area contributed by atoms with Crippen LogP contribution < -0.4 is 10.6 Å². The Balaban J connectivity index is 1.64. The summed E-state index contributed by atoms with van der Waals surface area (Å²) in [4.78, 5) is 28.2. The van der Waals surface area contributed by atoms with Gasteiger partial charge in [-0.2, -0.15) is 4.98 Å². The molecule has 0 atom stereocenters. The van der Waals surface area contributed by atoms with Crippen molar-refractivity contribution in [1.82, 2.24) is 10.1 Å². The fourth-order valence-corrected chi connectivity index (χ4v) is 2.31. The van der Waals surface area contributed by atoms with E-state index < -0.39 is 0 Å². The van der Waals surface area contributed by atoms with Gasteiger partial charge in [-0.1, -0.05) is 19.0 Å². The summed E-state index contributed by atoms with van der Waals surface area (Å²) in [5.41, 5.74) is 2.58. The highest BCUT2D eigenvalue weighted by molar-refractivity contribution is 6.04. The number of anilines is 2. The molecule has 0 bridgehead atoms. The second kappa shape index (κ2) is 7.82. The maximum atomic E-state index is 12.4. The second-order valence-electron chi connectivity index (χ2n) is 6.40. The molecule has 2 N–H and O–H groups in total. The highest BCUT2D eigenvalue weighted by Gasteiger charge is 2.10. The number of rotatable bonds is 5. The predicted molar refractivity (Wildman–Crippen MR) is 102 cm³/mol. The van der Waals surface area contributed by atoms with Gasteiger partial charge in [-0.05, 0) is 55.5 Å². The zero-order valence-corrected chi connectivity index (χ0v) is 15.3. The maximum Gasteiger partial charge on any atom is 0.257 e. The Morgan fingerprint density at radius 3 is 2.04 bits per heavy atom. The molecule has 0 aliphatic rings. The van der Waals surface area contributed by atoms with Crippen LogP contribution in [0.5, 0.6) is 0 Å². The fraction of sp³-hybridized carbons (Fsp3) is 0.200. The Bertz CT molecular complexity index is 944. The summed E-state index contributed by atoms with van der Waals surface area (Å²) in [7, 11) is 0. The number of aromatic nitrogens is 2. The van der Waals surface area contributed by atoms with E-state index in [1.54, 1.807) is 55.5 Å². The van der Waals surface area contributed by atoms with Crippen LogP contribution in [0.15, 0.2) is 53.1 Å². The Morgan fingerprint density at radius 2 is 1.52 bits per heavy atom. The predicted octanol–water partition coefficient (Wildman–Crippen LogP) is 3.89. The minimum absolute atomic E-state index is 0.0525. The molecule has 27 heavy (non-hydrogen) atoms. The third-order valence-corrected chi connectivity index (χ3v) is 3.86. The van der Waals surface area contributed by atoms with Gasteiger partial charge >= 0.3 is 0 Å². The van der Waals surface area contributed by atoms with Crippen LogP contribution in [0.3, 0.4) is 0 Å². The number of nitrogens with one attached hydrogen (secondary N) is 2. The molecule has 0 saturated heterocycles. The molecule has 138 valence electrons. The summed E-state index contributed by atoms with van der Waals surface area (Å²) in [6, 6.07) is 13.9. The molecule has 2 aromatic carbocycles. The summed E-state index contributed by atoms with van der Waals surface area (Å²) in [6.45, 7) is 5.40. The lowest BCUT2D eigenvalue weighted by molar-refractivity contribution is -0.118. The first-order chi connectivity index (χ1) is 12.9. The van der Waals surface area contributed by atoms with Crippen molar-refractivity contribution in [2.24, 2.45) is 5.92 Å². The molecular weight excluding hydrogens is 344 g/mol. The van der Waals surface area contributed by atoms with Crippen LogP contribution >= 0.6 is 0 Å². The summed E-state index contributed by atoms with van der Waals surface area (Å²) in [5.74, 6) is 0.590. The van der Waals surface area contributed by atoms with Crippen LogP contribution in [-0.2, 0) is 4.79 Å².